The van der Waals surface area contributed by atoms with Gasteiger partial charge >= 0.3 is 24.1 Å². The van der Waals surface area contributed by atoms with Crippen LogP contribution in [-0.4, -0.2) is 29.1 Å². The van der Waals surface area contributed by atoms with E-state index in [4.69, 9.17) is 14.6 Å². The van der Waals surface area contributed by atoms with Crippen LogP contribution in [0.25, 0.3) is 0 Å². The molecular formula is C16H13F3O6. The molecule has 1 aromatic rings. The van der Waals surface area contributed by atoms with E-state index in [0.29, 0.717) is 0 Å². The molecule has 25 heavy (non-hydrogen) atoms. The summed E-state index contributed by atoms with van der Waals surface area (Å²) in [4.78, 5) is 34.7. The molecule has 1 saturated heterocycles. The standard InChI is InChI=1S/C16H13F3O6/c17-16(18,19)9-3-1-8(2-4-9)12-10(7-11(20)25-12)24-14(23)15(5-6-15)13(21)22/h1-4,10,12H,5-7H2,(H,21,22)/t10-,12+/m0/s1. The van der Waals surface area contributed by atoms with Crippen LogP contribution in [0.1, 0.15) is 36.5 Å². The number of halogens is 3. The number of carboxylic acid groups (broad SMARTS) is 1. The normalized spacial score (nSPS) is 24.5. The van der Waals surface area contributed by atoms with Gasteiger partial charge in [-0.15, -0.1) is 0 Å². The van der Waals surface area contributed by atoms with Crippen molar-refractivity contribution < 1.29 is 42.1 Å². The maximum absolute atomic E-state index is 12.6. The molecule has 0 bridgehead atoms. The third-order valence-electron chi connectivity index (χ3n) is 4.34. The molecule has 0 amide bonds. The molecule has 1 saturated carbocycles. The highest BCUT2D eigenvalue weighted by Crippen LogP contribution is 2.48. The molecular weight excluding hydrogens is 345 g/mol. The molecule has 2 fully saturated rings. The van der Waals surface area contributed by atoms with E-state index in [1.165, 1.54) is 0 Å². The molecule has 134 valence electrons. The van der Waals surface area contributed by atoms with Gasteiger partial charge in [0.2, 0.25) is 0 Å². The van der Waals surface area contributed by atoms with Crippen LogP contribution < -0.4 is 0 Å². The third kappa shape index (κ3) is 3.18. The van der Waals surface area contributed by atoms with Crippen LogP contribution in [0.2, 0.25) is 0 Å². The second-order valence-electron chi connectivity index (χ2n) is 6.07. The van der Waals surface area contributed by atoms with Gasteiger partial charge in [-0.3, -0.25) is 14.4 Å². The Morgan fingerprint density at radius 1 is 1.20 bits per heavy atom. The monoisotopic (exact) mass is 358 g/mol. The van der Waals surface area contributed by atoms with E-state index in [9.17, 15) is 27.6 Å². The number of carbonyl (C=O) groups is 3. The molecule has 1 N–H and O–H groups in total. The molecule has 9 heteroatoms. The van der Waals surface area contributed by atoms with Crippen molar-refractivity contribution in [3.63, 3.8) is 0 Å². The Balaban J connectivity index is 1.77. The van der Waals surface area contributed by atoms with Gasteiger partial charge in [0.1, 0.15) is 0 Å². The van der Waals surface area contributed by atoms with Crippen molar-refractivity contribution in [2.24, 2.45) is 5.41 Å². The number of benzene rings is 1. The zero-order chi connectivity index (χ0) is 18.4. The fraction of sp³-hybridized carbons (Fsp3) is 0.438. The summed E-state index contributed by atoms with van der Waals surface area (Å²) in [7, 11) is 0. The number of carboxylic acids is 1. The van der Waals surface area contributed by atoms with Crippen molar-refractivity contribution in [1.82, 2.24) is 0 Å². The zero-order valence-electron chi connectivity index (χ0n) is 12.7. The van der Waals surface area contributed by atoms with Crippen LogP contribution in [0.5, 0.6) is 0 Å². The van der Waals surface area contributed by atoms with Crippen molar-refractivity contribution in [3.05, 3.63) is 35.4 Å². The molecule has 1 heterocycles. The lowest BCUT2D eigenvalue weighted by atomic mass is 10.0. The van der Waals surface area contributed by atoms with Crippen molar-refractivity contribution >= 4 is 17.9 Å². The molecule has 0 radical (unpaired) electrons. The van der Waals surface area contributed by atoms with Crippen LogP contribution in [0.15, 0.2) is 24.3 Å². The summed E-state index contributed by atoms with van der Waals surface area (Å²) in [6.07, 6.45) is -6.64. The van der Waals surface area contributed by atoms with Crippen LogP contribution in [-0.2, 0) is 30.0 Å². The van der Waals surface area contributed by atoms with E-state index in [1.807, 2.05) is 0 Å². The van der Waals surface area contributed by atoms with Gasteiger partial charge < -0.3 is 14.6 Å². The van der Waals surface area contributed by atoms with Crippen LogP contribution in [0, 0.1) is 5.41 Å². The first-order valence-electron chi connectivity index (χ1n) is 7.44. The highest BCUT2D eigenvalue weighted by Gasteiger charge is 2.59. The predicted octanol–water partition coefficient (Wildman–Crippen LogP) is 2.47. The lowest BCUT2D eigenvalue weighted by Crippen LogP contribution is -2.32. The van der Waals surface area contributed by atoms with E-state index >= 15 is 0 Å². The van der Waals surface area contributed by atoms with Crippen LogP contribution in [0.4, 0.5) is 13.2 Å². The summed E-state index contributed by atoms with van der Waals surface area (Å²) >= 11 is 0. The summed E-state index contributed by atoms with van der Waals surface area (Å²) in [6, 6.07) is 3.94. The number of hydrogen-bond donors (Lipinski definition) is 1. The van der Waals surface area contributed by atoms with Gasteiger partial charge in [0.15, 0.2) is 17.6 Å². The summed E-state index contributed by atoms with van der Waals surface area (Å²) in [6.45, 7) is 0. The maximum Gasteiger partial charge on any atom is 0.416 e. The number of carbonyl (C=O) groups excluding carboxylic acids is 2. The highest BCUT2D eigenvalue weighted by atomic mass is 19.4. The van der Waals surface area contributed by atoms with E-state index in [1.54, 1.807) is 0 Å². The van der Waals surface area contributed by atoms with Gasteiger partial charge in [0, 0.05) is 0 Å². The van der Waals surface area contributed by atoms with Crippen molar-refractivity contribution in [1.29, 1.82) is 0 Å². The van der Waals surface area contributed by atoms with Gasteiger partial charge in [0.05, 0.1) is 12.0 Å². The molecule has 1 aliphatic carbocycles. The number of ether oxygens (including phenoxy) is 2. The third-order valence-corrected chi connectivity index (χ3v) is 4.34. The van der Waals surface area contributed by atoms with Gasteiger partial charge in [-0.2, -0.15) is 13.2 Å². The Labute approximate surface area is 139 Å². The average Bonchev–Trinajstić information content (AvgIpc) is 3.26. The molecule has 2 atom stereocenters. The summed E-state index contributed by atoms with van der Waals surface area (Å²) in [5.74, 6) is -2.93. The molecule has 2 aliphatic rings. The molecule has 0 unspecified atom stereocenters. The summed E-state index contributed by atoms with van der Waals surface area (Å²) in [5.41, 5.74) is -2.22. The minimum Gasteiger partial charge on any atom is -0.480 e. The first-order chi connectivity index (χ1) is 11.6. The Morgan fingerprint density at radius 3 is 2.28 bits per heavy atom. The fourth-order valence-corrected chi connectivity index (χ4v) is 2.67. The van der Waals surface area contributed by atoms with E-state index in [-0.39, 0.29) is 24.8 Å². The lowest BCUT2D eigenvalue weighted by molar-refractivity contribution is -0.167. The van der Waals surface area contributed by atoms with E-state index in [2.05, 4.69) is 0 Å². The van der Waals surface area contributed by atoms with Crippen LogP contribution >= 0.6 is 0 Å². The van der Waals surface area contributed by atoms with E-state index in [0.717, 1.165) is 24.3 Å². The Kier molecular flexibility index (Phi) is 3.97. The second-order valence-corrected chi connectivity index (χ2v) is 6.07. The zero-order valence-corrected chi connectivity index (χ0v) is 12.7. The average molecular weight is 358 g/mol. The minimum absolute atomic E-state index is 0.146. The largest absolute Gasteiger partial charge is 0.480 e. The second kappa shape index (κ2) is 5.75. The first kappa shape index (κ1) is 17.2. The predicted molar refractivity (Wildman–Crippen MR) is 74.1 cm³/mol. The number of cyclic esters (lactones) is 1. The van der Waals surface area contributed by atoms with Gasteiger partial charge in [-0.25, -0.2) is 0 Å². The Morgan fingerprint density at radius 2 is 1.80 bits per heavy atom. The van der Waals surface area contributed by atoms with Crippen molar-refractivity contribution in [2.75, 3.05) is 0 Å². The number of aliphatic carboxylic acids is 1. The molecule has 1 aromatic carbocycles. The summed E-state index contributed by atoms with van der Waals surface area (Å²) in [5, 5.41) is 9.08. The van der Waals surface area contributed by atoms with Crippen molar-refractivity contribution in [2.45, 2.75) is 37.6 Å². The van der Waals surface area contributed by atoms with Gasteiger partial charge in [-0.05, 0) is 30.5 Å². The van der Waals surface area contributed by atoms with Crippen LogP contribution in [0.3, 0.4) is 0 Å². The minimum atomic E-state index is -4.50. The quantitative estimate of drug-likeness (QED) is 0.657. The smallest absolute Gasteiger partial charge is 0.416 e. The van der Waals surface area contributed by atoms with Crippen molar-refractivity contribution in [3.8, 4) is 0 Å². The lowest BCUT2D eigenvalue weighted by Gasteiger charge is -2.20. The molecule has 6 nitrogen and oxygen atoms in total. The number of rotatable bonds is 4. The first-order valence-corrected chi connectivity index (χ1v) is 7.44. The molecule has 3 rings (SSSR count). The SMILES string of the molecule is O=C1C[C@H](OC(=O)C2(C(=O)O)CC2)[C@@H](c2ccc(C(F)(F)F)cc2)O1. The maximum atomic E-state index is 12.6. The topological polar surface area (TPSA) is 89.9 Å². The van der Waals surface area contributed by atoms with Gasteiger partial charge in [-0.1, -0.05) is 12.1 Å². The van der Waals surface area contributed by atoms with E-state index < -0.39 is 47.3 Å². The summed E-state index contributed by atoms with van der Waals surface area (Å²) < 4.78 is 48.0. The van der Waals surface area contributed by atoms with Gasteiger partial charge in [0.25, 0.3) is 0 Å². The number of alkyl halides is 3. The molecule has 0 aromatic heterocycles. The Hall–Kier alpha value is -2.58. The number of esters is 2. The molecule has 1 aliphatic heterocycles. The molecule has 0 spiro atoms. The Bertz CT molecular complexity index is 720. The number of hydrogen-bond acceptors (Lipinski definition) is 5. The fourth-order valence-electron chi connectivity index (χ4n) is 2.67. The highest BCUT2D eigenvalue weighted by molar-refractivity contribution is 6.02.